The molecule has 4 rings (SSSR count). The Hall–Kier alpha value is -2.71. The summed E-state index contributed by atoms with van der Waals surface area (Å²) in [5, 5.41) is 0. The molecule has 25 heavy (non-hydrogen) atoms. The average molecular weight is 357 g/mol. The molecule has 2 N–H and O–H groups in total. The normalized spacial score (nSPS) is 15.2. The summed E-state index contributed by atoms with van der Waals surface area (Å²) >= 11 is 0. The molecule has 3 aromatic rings. The van der Waals surface area contributed by atoms with E-state index in [1.54, 1.807) is 0 Å². The minimum absolute atomic E-state index is 0.0853. The van der Waals surface area contributed by atoms with Crippen LogP contribution in [0.4, 0.5) is 0 Å². The Bertz CT molecular complexity index is 1190. The van der Waals surface area contributed by atoms with E-state index in [2.05, 4.69) is 9.97 Å². The summed E-state index contributed by atoms with van der Waals surface area (Å²) in [7, 11) is -3.70. The van der Waals surface area contributed by atoms with Crippen molar-refractivity contribution in [2.45, 2.75) is 17.9 Å². The molecule has 128 valence electrons. The van der Waals surface area contributed by atoms with Crippen LogP contribution in [0, 0.1) is 0 Å². The summed E-state index contributed by atoms with van der Waals surface area (Å²) in [6.07, 6.45) is 0.660. The van der Waals surface area contributed by atoms with Crippen molar-refractivity contribution in [3.63, 3.8) is 0 Å². The van der Waals surface area contributed by atoms with Crippen LogP contribution in [0.2, 0.25) is 0 Å². The number of H-pyrrole nitrogens is 2. The number of hydrogen-bond donors (Lipinski definition) is 2. The maximum Gasteiger partial charge on any atom is 0.314 e. The van der Waals surface area contributed by atoms with Gasteiger partial charge in [0.05, 0.1) is 15.9 Å². The van der Waals surface area contributed by atoms with E-state index >= 15 is 0 Å². The van der Waals surface area contributed by atoms with Crippen LogP contribution in [-0.2, 0) is 23.0 Å². The fraction of sp³-hybridized carbons (Fsp3) is 0.176. The van der Waals surface area contributed by atoms with E-state index in [0.717, 1.165) is 11.1 Å². The summed E-state index contributed by atoms with van der Waals surface area (Å²) in [4.78, 5) is 27.7. The monoisotopic (exact) mass is 357 g/mol. The predicted octanol–water partition coefficient (Wildman–Crippen LogP) is 0.963. The Morgan fingerprint density at radius 3 is 2.32 bits per heavy atom. The molecule has 0 fully saturated rings. The molecule has 0 aliphatic carbocycles. The van der Waals surface area contributed by atoms with Crippen LogP contribution in [0.25, 0.3) is 11.0 Å². The van der Waals surface area contributed by atoms with Crippen LogP contribution < -0.4 is 11.1 Å². The molecule has 0 saturated heterocycles. The molecule has 0 bridgehead atoms. The third-order valence-corrected chi connectivity index (χ3v) is 6.27. The maximum absolute atomic E-state index is 13.0. The summed E-state index contributed by atoms with van der Waals surface area (Å²) in [6, 6.07) is 12.1. The second kappa shape index (κ2) is 5.68. The highest BCUT2D eigenvalue weighted by atomic mass is 32.2. The number of fused-ring (bicyclic) bond motifs is 2. The van der Waals surface area contributed by atoms with E-state index in [-0.39, 0.29) is 10.4 Å². The number of benzene rings is 2. The van der Waals surface area contributed by atoms with Gasteiger partial charge in [-0.1, -0.05) is 24.3 Å². The van der Waals surface area contributed by atoms with E-state index in [0.29, 0.717) is 25.0 Å². The zero-order chi connectivity index (χ0) is 17.6. The molecule has 2 heterocycles. The molecule has 8 heteroatoms. The van der Waals surface area contributed by atoms with Gasteiger partial charge in [0, 0.05) is 13.1 Å². The highest BCUT2D eigenvalue weighted by Gasteiger charge is 2.28. The van der Waals surface area contributed by atoms with Gasteiger partial charge < -0.3 is 9.97 Å². The second-order valence-corrected chi connectivity index (χ2v) is 7.91. The first-order chi connectivity index (χ1) is 11.9. The summed E-state index contributed by atoms with van der Waals surface area (Å²) < 4.78 is 27.3. The highest BCUT2D eigenvalue weighted by Crippen LogP contribution is 2.25. The molecule has 1 aliphatic heterocycles. The zero-order valence-electron chi connectivity index (χ0n) is 13.2. The standard InChI is InChI=1S/C17H15N3O4S/c21-16-17(22)19-15-9-13(5-6-14(15)18-16)25(23,24)20-8-7-11-3-1-2-4-12(11)10-20/h1-6,9H,7-8,10H2,(H,18,21)(H,19,22). The minimum atomic E-state index is -3.70. The lowest BCUT2D eigenvalue weighted by Crippen LogP contribution is -2.36. The van der Waals surface area contributed by atoms with Crippen LogP contribution in [-0.4, -0.2) is 29.2 Å². The highest BCUT2D eigenvalue weighted by molar-refractivity contribution is 7.89. The molecule has 0 atom stereocenters. The number of rotatable bonds is 2. The van der Waals surface area contributed by atoms with Gasteiger partial charge in [-0.2, -0.15) is 4.31 Å². The summed E-state index contributed by atoms with van der Waals surface area (Å²) in [5.41, 5.74) is 1.24. The Kier molecular flexibility index (Phi) is 3.59. The van der Waals surface area contributed by atoms with Gasteiger partial charge in [-0.05, 0) is 35.7 Å². The first kappa shape index (κ1) is 15.8. The number of aromatic nitrogens is 2. The van der Waals surface area contributed by atoms with Crippen LogP contribution in [0.5, 0.6) is 0 Å². The Balaban J connectivity index is 1.76. The van der Waals surface area contributed by atoms with Crippen molar-refractivity contribution in [2.24, 2.45) is 0 Å². The van der Waals surface area contributed by atoms with Crippen LogP contribution in [0.3, 0.4) is 0 Å². The Labute approximate surface area is 143 Å². The summed E-state index contributed by atoms with van der Waals surface area (Å²) in [5.74, 6) is 0. The van der Waals surface area contributed by atoms with E-state index in [1.807, 2.05) is 24.3 Å². The third-order valence-electron chi connectivity index (χ3n) is 4.43. The lowest BCUT2D eigenvalue weighted by atomic mass is 10.0. The molecule has 0 radical (unpaired) electrons. The fourth-order valence-corrected chi connectivity index (χ4v) is 4.52. The van der Waals surface area contributed by atoms with E-state index in [9.17, 15) is 18.0 Å². The molecule has 0 saturated carbocycles. The molecule has 0 spiro atoms. The number of hydrogen-bond acceptors (Lipinski definition) is 4. The molecule has 7 nitrogen and oxygen atoms in total. The lowest BCUT2D eigenvalue weighted by Gasteiger charge is -2.28. The van der Waals surface area contributed by atoms with Crippen molar-refractivity contribution in [3.05, 3.63) is 74.3 Å². The van der Waals surface area contributed by atoms with Crippen molar-refractivity contribution in [1.82, 2.24) is 14.3 Å². The molecule has 0 unspecified atom stereocenters. The number of sulfonamides is 1. The average Bonchev–Trinajstić information content (AvgIpc) is 2.62. The predicted molar refractivity (Wildman–Crippen MR) is 92.9 cm³/mol. The van der Waals surface area contributed by atoms with Crippen molar-refractivity contribution >= 4 is 21.1 Å². The van der Waals surface area contributed by atoms with Gasteiger partial charge in [0.25, 0.3) is 0 Å². The van der Waals surface area contributed by atoms with Crippen LogP contribution in [0.15, 0.2) is 56.9 Å². The van der Waals surface area contributed by atoms with Crippen molar-refractivity contribution in [1.29, 1.82) is 0 Å². The smallest absolute Gasteiger partial charge is 0.314 e. The van der Waals surface area contributed by atoms with Crippen molar-refractivity contribution in [2.75, 3.05) is 6.54 Å². The van der Waals surface area contributed by atoms with Gasteiger partial charge in [0.1, 0.15) is 0 Å². The van der Waals surface area contributed by atoms with Gasteiger partial charge in [-0.25, -0.2) is 8.42 Å². The fourth-order valence-electron chi connectivity index (χ4n) is 3.08. The molecular formula is C17H15N3O4S. The first-order valence-electron chi connectivity index (χ1n) is 7.78. The molecule has 1 aliphatic rings. The van der Waals surface area contributed by atoms with Crippen molar-refractivity contribution < 1.29 is 8.42 Å². The maximum atomic E-state index is 13.0. The molecule has 1 aromatic heterocycles. The Morgan fingerprint density at radius 2 is 1.56 bits per heavy atom. The third kappa shape index (κ3) is 2.69. The summed E-state index contributed by atoms with van der Waals surface area (Å²) in [6.45, 7) is 0.720. The van der Waals surface area contributed by atoms with Crippen LogP contribution in [0.1, 0.15) is 11.1 Å². The van der Waals surface area contributed by atoms with Gasteiger partial charge in [-0.3, -0.25) is 9.59 Å². The van der Waals surface area contributed by atoms with Gasteiger partial charge in [0.15, 0.2) is 0 Å². The lowest BCUT2D eigenvalue weighted by molar-refractivity contribution is 0.391. The van der Waals surface area contributed by atoms with Crippen LogP contribution >= 0.6 is 0 Å². The quantitative estimate of drug-likeness (QED) is 0.667. The number of nitrogens with zero attached hydrogens (tertiary/aromatic N) is 1. The Morgan fingerprint density at radius 1 is 0.880 bits per heavy atom. The molecular weight excluding hydrogens is 342 g/mol. The molecule has 2 aromatic carbocycles. The minimum Gasteiger partial charge on any atom is -0.316 e. The topological polar surface area (TPSA) is 103 Å². The largest absolute Gasteiger partial charge is 0.316 e. The number of aromatic amines is 2. The van der Waals surface area contributed by atoms with Gasteiger partial charge in [-0.15, -0.1) is 0 Å². The van der Waals surface area contributed by atoms with Gasteiger partial charge >= 0.3 is 11.1 Å². The van der Waals surface area contributed by atoms with E-state index < -0.39 is 21.1 Å². The second-order valence-electron chi connectivity index (χ2n) is 5.97. The first-order valence-corrected chi connectivity index (χ1v) is 9.22. The number of nitrogens with one attached hydrogen (secondary N) is 2. The van der Waals surface area contributed by atoms with E-state index in [4.69, 9.17) is 0 Å². The zero-order valence-corrected chi connectivity index (χ0v) is 14.0. The van der Waals surface area contributed by atoms with Crippen molar-refractivity contribution in [3.8, 4) is 0 Å². The SMILES string of the molecule is O=c1[nH]c2ccc(S(=O)(=O)N3CCc4ccccc4C3)cc2[nH]c1=O. The van der Waals surface area contributed by atoms with E-state index in [1.165, 1.54) is 22.5 Å². The molecule has 0 amide bonds. The van der Waals surface area contributed by atoms with Gasteiger partial charge in [0.2, 0.25) is 10.0 Å².